The molecule has 0 aliphatic carbocycles. The van der Waals surface area contributed by atoms with E-state index in [0.29, 0.717) is 10.2 Å². The lowest BCUT2D eigenvalue weighted by molar-refractivity contribution is 1.29. The molecule has 1 N–H and O–H groups in total. The molecule has 0 amide bonds. The number of benzene rings is 1. The largest absolute Gasteiger partial charge is 0.352 e. The summed E-state index contributed by atoms with van der Waals surface area (Å²) in [4.78, 5) is 2.94. The highest BCUT2D eigenvalue weighted by molar-refractivity contribution is 7.71. The van der Waals surface area contributed by atoms with Crippen molar-refractivity contribution in [3.63, 3.8) is 0 Å². The third-order valence-corrected chi connectivity index (χ3v) is 2.71. The molecule has 2 nitrogen and oxygen atoms in total. The Bertz CT molecular complexity index is 633. The van der Waals surface area contributed by atoms with E-state index in [2.05, 4.69) is 11.1 Å². The van der Waals surface area contributed by atoms with Crippen LogP contribution in [0.25, 0.3) is 11.6 Å². The molecule has 1 heterocycles. The van der Waals surface area contributed by atoms with Crippen molar-refractivity contribution in [3.8, 4) is 6.07 Å². The molecular formula is C14H10N2S. The van der Waals surface area contributed by atoms with Crippen LogP contribution in [-0.2, 0) is 0 Å². The van der Waals surface area contributed by atoms with E-state index in [9.17, 15) is 0 Å². The van der Waals surface area contributed by atoms with Crippen LogP contribution in [0.2, 0.25) is 0 Å². The third-order valence-electron chi connectivity index (χ3n) is 2.35. The Morgan fingerprint density at radius 3 is 2.59 bits per heavy atom. The van der Waals surface area contributed by atoms with Gasteiger partial charge in [0, 0.05) is 11.8 Å². The van der Waals surface area contributed by atoms with Crippen molar-refractivity contribution < 1.29 is 0 Å². The molecule has 0 atom stereocenters. The van der Waals surface area contributed by atoms with E-state index in [1.54, 1.807) is 12.3 Å². The minimum absolute atomic E-state index is 0.608. The fourth-order valence-electron chi connectivity index (χ4n) is 1.50. The zero-order chi connectivity index (χ0) is 12.1. The number of H-pyrrole nitrogens is 1. The first-order valence-electron chi connectivity index (χ1n) is 5.16. The van der Waals surface area contributed by atoms with Crippen molar-refractivity contribution in [2.24, 2.45) is 0 Å². The maximum Gasteiger partial charge on any atom is 0.110 e. The average Bonchev–Trinajstić information content (AvgIpc) is 2.39. The van der Waals surface area contributed by atoms with Gasteiger partial charge in [-0.15, -0.1) is 0 Å². The van der Waals surface area contributed by atoms with Crippen LogP contribution in [0.5, 0.6) is 0 Å². The number of aromatic nitrogens is 1. The Morgan fingerprint density at radius 2 is 1.94 bits per heavy atom. The molecule has 2 rings (SSSR count). The smallest absolute Gasteiger partial charge is 0.110 e. The quantitative estimate of drug-likeness (QED) is 0.638. The van der Waals surface area contributed by atoms with Crippen molar-refractivity contribution in [2.75, 3.05) is 0 Å². The van der Waals surface area contributed by atoms with Crippen LogP contribution in [0.1, 0.15) is 11.1 Å². The molecular weight excluding hydrogens is 228 g/mol. The lowest BCUT2D eigenvalue weighted by Crippen LogP contribution is -1.83. The number of pyridine rings is 1. The number of nitrogens with one attached hydrogen (secondary N) is 1. The molecule has 1 aromatic carbocycles. The molecule has 2 aromatic rings. The number of allylic oxidation sites excluding steroid dienone is 1. The van der Waals surface area contributed by atoms with E-state index >= 15 is 0 Å². The van der Waals surface area contributed by atoms with Gasteiger partial charge in [0.2, 0.25) is 0 Å². The van der Waals surface area contributed by atoms with Crippen molar-refractivity contribution >= 4 is 23.9 Å². The van der Waals surface area contributed by atoms with E-state index in [-0.39, 0.29) is 0 Å². The van der Waals surface area contributed by atoms with Crippen LogP contribution in [0.15, 0.2) is 48.7 Å². The number of nitriles is 1. The Hall–Kier alpha value is -2.18. The summed E-state index contributed by atoms with van der Waals surface area (Å²) in [6.45, 7) is 0. The molecule has 0 aliphatic heterocycles. The monoisotopic (exact) mass is 238 g/mol. The summed E-state index contributed by atoms with van der Waals surface area (Å²) in [6.07, 6.45) is 3.57. The van der Waals surface area contributed by atoms with Gasteiger partial charge < -0.3 is 4.98 Å². The van der Waals surface area contributed by atoms with Crippen LogP contribution in [-0.4, -0.2) is 4.98 Å². The maximum atomic E-state index is 9.17. The lowest BCUT2D eigenvalue weighted by Gasteiger charge is -1.99. The highest BCUT2D eigenvalue weighted by Gasteiger charge is 2.00. The maximum absolute atomic E-state index is 9.17. The Morgan fingerprint density at radius 1 is 1.18 bits per heavy atom. The van der Waals surface area contributed by atoms with Gasteiger partial charge >= 0.3 is 0 Å². The number of rotatable bonds is 2. The molecule has 82 valence electrons. The van der Waals surface area contributed by atoms with E-state index in [0.717, 1.165) is 11.1 Å². The summed E-state index contributed by atoms with van der Waals surface area (Å²) in [7, 11) is 0. The average molecular weight is 238 g/mol. The zero-order valence-electron chi connectivity index (χ0n) is 9.05. The fraction of sp³-hybridized carbons (Fsp3) is 0. The molecule has 0 fully saturated rings. The lowest BCUT2D eigenvalue weighted by atomic mass is 10.1. The normalized spacial score (nSPS) is 10.9. The van der Waals surface area contributed by atoms with Gasteiger partial charge in [0.25, 0.3) is 0 Å². The van der Waals surface area contributed by atoms with E-state index in [1.165, 1.54) is 0 Å². The molecule has 0 saturated heterocycles. The van der Waals surface area contributed by atoms with Crippen LogP contribution >= 0.6 is 12.2 Å². The van der Waals surface area contributed by atoms with Crippen LogP contribution < -0.4 is 0 Å². The molecule has 0 unspecified atom stereocenters. The van der Waals surface area contributed by atoms with Crippen LogP contribution in [0.3, 0.4) is 0 Å². The van der Waals surface area contributed by atoms with Crippen molar-refractivity contribution in [1.82, 2.24) is 4.98 Å². The zero-order valence-corrected chi connectivity index (χ0v) is 9.87. The highest BCUT2D eigenvalue weighted by atomic mass is 32.1. The fourth-order valence-corrected chi connectivity index (χ4v) is 1.70. The minimum atomic E-state index is 0.608. The second kappa shape index (κ2) is 5.24. The number of hydrogen-bond donors (Lipinski definition) is 1. The van der Waals surface area contributed by atoms with Crippen molar-refractivity contribution in [3.05, 3.63) is 64.4 Å². The Labute approximate surface area is 105 Å². The predicted molar refractivity (Wildman–Crippen MR) is 71.6 cm³/mol. The van der Waals surface area contributed by atoms with E-state index in [1.807, 2.05) is 42.5 Å². The van der Waals surface area contributed by atoms with Gasteiger partial charge in [-0.1, -0.05) is 48.6 Å². The van der Waals surface area contributed by atoms with Crippen LogP contribution in [0, 0.1) is 16.0 Å². The summed E-state index contributed by atoms with van der Waals surface area (Å²) < 4.78 is 0.635. The van der Waals surface area contributed by atoms with Gasteiger partial charge in [-0.05, 0) is 17.7 Å². The molecule has 3 heteroatoms. The standard InChI is InChI=1S/C14H10N2S/c15-10-13(11-5-2-1-3-6-11)9-12-7-4-8-16-14(12)17/h1-9H,(H,16,17)/b13-9+. The Balaban J connectivity index is 2.49. The first-order chi connectivity index (χ1) is 8.31. The highest BCUT2D eigenvalue weighted by Crippen LogP contribution is 2.17. The number of hydrogen-bond acceptors (Lipinski definition) is 2. The van der Waals surface area contributed by atoms with Gasteiger partial charge in [0.1, 0.15) is 4.64 Å². The second-order valence-electron chi connectivity index (χ2n) is 3.49. The van der Waals surface area contributed by atoms with E-state index in [4.69, 9.17) is 17.5 Å². The first kappa shape index (κ1) is 11.3. The topological polar surface area (TPSA) is 39.6 Å². The summed E-state index contributed by atoms with van der Waals surface area (Å²) in [6, 6.07) is 15.5. The van der Waals surface area contributed by atoms with Gasteiger partial charge in [-0.2, -0.15) is 5.26 Å². The summed E-state index contributed by atoms with van der Waals surface area (Å²) >= 11 is 5.16. The summed E-state index contributed by atoms with van der Waals surface area (Å²) in [5.74, 6) is 0. The second-order valence-corrected chi connectivity index (χ2v) is 3.90. The molecule has 0 saturated carbocycles. The molecule has 0 radical (unpaired) electrons. The van der Waals surface area contributed by atoms with Gasteiger partial charge in [0.05, 0.1) is 11.6 Å². The van der Waals surface area contributed by atoms with Gasteiger partial charge in [0.15, 0.2) is 0 Å². The molecule has 17 heavy (non-hydrogen) atoms. The van der Waals surface area contributed by atoms with E-state index < -0.39 is 0 Å². The minimum Gasteiger partial charge on any atom is -0.352 e. The van der Waals surface area contributed by atoms with Crippen LogP contribution in [0.4, 0.5) is 0 Å². The van der Waals surface area contributed by atoms with Crippen molar-refractivity contribution in [1.29, 1.82) is 5.26 Å². The SMILES string of the molecule is N#C/C(=C\c1ccc[nH]c1=S)c1ccccc1. The number of nitrogens with zero attached hydrogens (tertiary/aromatic N) is 1. The summed E-state index contributed by atoms with van der Waals surface area (Å²) in [5, 5.41) is 9.17. The predicted octanol–water partition coefficient (Wildman–Crippen LogP) is 3.81. The molecule has 0 spiro atoms. The molecule has 0 aliphatic rings. The number of aromatic amines is 1. The van der Waals surface area contributed by atoms with Gasteiger partial charge in [-0.3, -0.25) is 0 Å². The van der Waals surface area contributed by atoms with Gasteiger partial charge in [-0.25, -0.2) is 0 Å². The Kier molecular flexibility index (Phi) is 3.49. The summed E-state index contributed by atoms with van der Waals surface area (Å²) in [5.41, 5.74) is 2.35. The molecule has 0 bridgehead atoms. The third kappa shape index (κ3) is 2.68. The molecule has 1 aromatic heterocycles. The first-order valence-corrected chi connectivity index (χ1v) is 5.57. The van der Waals surface area contributed by atoms with Crippen molar-refractivity contribution in [2.45, 2.75) is 0 Å².